The van der Waals surface area contributed by atoms with Crippen LogP contribution in [0.4, 0.5) is 13.2 Å². The topological polar surface area (TPSA) is 491 Å². The number of halogens is 3. The van der Waals surface area contributed by atoms with Gasteiger partial charge in [-0.3, -0.25) is 52.7 Å². The fourth-order valence-corrected chi connectivity index (χ4v) is 9.24. The van der Waals surface area contributed by atoms with Crippen molar-refractivity contribution in [3.63, 3.8) is 0 Å². The van der Waals surface area contributed by atoms with Gasteiger partial charge in [0.05, 0.1) is 17.8 Å². The molecule has 1 aromatic carbocycles. The number of nitrogens with two attached hydrogens (primary N) is 5. The molecule has 32 heteroatoms. The van der Waals surface area contributed by atoms with E-state index in [1.807, 2.05) is 6.92 Å². The van der Waals surface area contributed by atoms with Gasteiger partial charge >= 0.3 is 6.18 Å². The van der Waals surface area contributed by atoms with Crippen LogP contribution in [0.5, 0.6) is 0 Å². The Hall–Kier alpha value is -7.10. The Labute approximate surface area is 510 Å². The molecule has 0 bridgehead atoms. The van der Waals surface area contributed by atoms with Gasteiger partial charge in [0.1, 0.15) is 60.4 Å². The van der Waals surface area contributed by atoms with Crippen molar-refractivity contribution >= 4 is 65.0 Å². The fourth-order valence-electron chi connectivity index (χ4n) is 9.24. The fraction of sp³-hybridized carbons (Fsp3) is 0.696. The lowest BCUT2D eigenvalue weighted by Crippen LogP contribution is -2.62. The van der Waals surface area contributed by atoms with Crippen molar-refractivity contribution in [1.29, 1.82) is 0 Å². The minimum absolute atomic E-state index is 0.0392. The molecule has 29 nitrogen and oxygen atoms in total. The van der Waals surface area contributed by atoms with Gasteiger partial charge in [-0.25, -0.2) is 0 Å². The average Bonchev–Trinajstić information content (AvgIpc) is 3.54. The molecule has 0 aliphatic carbocycles. The van der Waals surface area contributed by atoms with Gasteiger partial charge in [-0.2, -0.15) is 13.2 Å². The van der Waals surface area contributed by atoms with E-state index in [-0.39, 0.29) is 89.2 Å². The number of aliphatic hydroxyl groups excluding tert-OH is 2. The van der Waals surface area contributed by atoms with Gasteiger partial charge in [-0.1, -0.05) is 58.6 Å². The number of unbranched alkanes of at least 4 members (excludes halogenated alkanes) is 4. The lowest BCUT2D eigenvalue weighted by molar-refractivity contribution is -0.137. The van der Waals surface area contributed by atoms with E-state index in [9.17, 15) is 76.1 Å². The third kappa shape index (κ3) is 27.1. The summed E-state index contributed by atoms with van der Waals surface area (Å²) in [6.07, 6.45) is -5.83. The summed E-state index contributed by atoms with van der Waals surface area (Å²) in [7, 11) is 0. The molecule has 1 unspecified atom stereocenters. The molecule has 1 heterocycles. The molecule has 0 radical (unpaired) electrons. The molecule has 11 amide bonds. The van der Waals surface area contributed by atoms with Crippen LogP contribution in [0, 0.1) is 5.92 Å². The summed E-state index contributed by atoms with van der Waals surface area (Å²) in [5.74, 6) is -11.1. The van der Waals surface area contributed by atoms with Gasteiger partial charge in [0.2, 0.25) is 65.0 Å². The third-order valence-corrected chi connectivity index (χ3v) is 14.2. The highest BCUT2D eigenvalue weighted by Gasteiger charge is 2.38. The van der Waals surface area contributed by atoms with Gasteiger partial charge in [-0.05, 0) is 122 Å². The van der Waals surface area contributed by atoms with Gasteiger partial charge in [0.15, 0.2) is 0 Å². The van der Waals surface area contributed by atoms with E-state index in [0.717, 1.165) is 56.9 Å². The number of nitrogens with one attached hydrogen (secondary N) is 11. The predicted molar refractivity (Wildman–Crippen MR) is 317 cm³/mol. The highest BCUT2D eigenvalue weighted by molar-refractivity contribution is 5.99. The van der Waals surface area contributed by atoms with Gasteiger partial charge in [0.25, 0.3) is 0 Å². The predicted octanol–water partition coefficient (Wildman–Crippen LogP) is -4.47. The summed E-state index contributed by atoms with van der Waals surface area (Å²) in [6.45, 7) is 6.23. The molecule has 0 aromatic heterocycles. The number of carbonyl (C=O) groups excluding carboxylic acids is 11. The van der Waals surface area contributed by atoms with Gasteiger partial charge in [-0.15, -0.1) is 0 Å². The third-order valence-electron chi connectivity index (χ3n) is 14.2. The van der Waals surface area contributed by atoms with E-state index in [1.54, 1.807) is 13.8 Å². The van der Waals surface area contributed by atoms with Crippen LogP contribution in [-0.4, -0.2) is 187 Å². The molecule has 1 aliphatic rings. The number of alkyl halides is 3. The first-order valence-electron chi connectivity index (χ1n) is 29.9. The number of hydrogen-bond acceptors (Lipinski definition) is 18. The molecule has 0 spiro atoms. The van der Waals surface area contributed by atoms with Crippen LogP contribution in [0.3, 0.4) is 0 Å². The average molecular weight is 1260 g/mol. The Kier molecular flexibility index (Phi) is 34.8. The van der Waals surface area contributed by atoms with Crippen LogP contribution < -0.4 is 87.2 Å². The Morgan fingerprint density at radius 1 is 0.580 bits per heavy atom. The molecule has 88 heavy (non-hydrogen) atoms. The molecular weight excluding hydrogens is 1160 g/mol. The lowest BCUT2D eigenvalue weighted by Gasteiger charge is -2.29. The van der Waals surface area contributed by atoms with E-state index in [1.165, 1.54) is 6.92 Å². The van der Waals surface area contributed by atoms with Crippen molar-refractivity contribution in [2.75, 3.05) is 39.3 Å². The van der Waals surface area contributed by atoms with Gasteiger partial charge in [0, 0.05) is 19.4 Å². The zero-order valence-electron chi connectivity index (χ0n) is 50.9. The zero-order valence-corrected chi connectivity index (χ0v) is 50.9. The lowest BCUT2D eigenvalue weighted by atomic mass is 9.99. The number of benzene rings is 1. The largest absolute Gasteiger partial charge is 0.416 e. The van der Waals surface area contributed by atoms with Crippen LogP contribution in [0.15, 0.2) is 24.3 Å². The Morgan fingerprint density at radius 2 is 1.06 bits per heavy atom. The Balaban J connectivity index is 2.71. The molecule has 1 aliphatic heterocycles. The Bertz CT molecular complexity index is 2440. The highest BCUT2D eigenvalue weighted by atomic mass is 19.4. The van der Waals surface area contributed by atoms with Crippen LogP contribution in [0.2, 0.25) is 0 Å². The molecule has 2 rings (SSSR count). The minimum Gasteiger partial charge on any atom is -0.391 e. The summed E-state index contributed by atoms with van der Waals surface area (Å²) < 4.78 is 40.7. The maximum Gasteiger partial charge on any atom is 0.416 e. The molecule has 1 saturated heterocycles. The van der Waals surface area contributed by atoms with Crippen molar-refractivity contribution in [2.24, 2.45) is 34.6 Å². The first-order chi connectivity index (χ1) is 41.5. The van der Waals surface area contributed by atoms with Crippen molar-refractivity contribution in [3.8, 4) is 0 Å². The second-order valence-corrected chi connectivity index (χ2v) is 22.2. The van der Waals surface area contributed by atoms with Crippen molar-refractivity contribution in [3.05, 3.63) is 35.4 Å². The van der Waals surface area contributed by atoms with Crippen LogP contribution in [-0.2, 0) is 65.3 Å². The molecule has 23 N–H and O–H groups in total. The minimum atomic E-state index is -4.73. The SMILES string of the molecule is CCCCCCCC(=O)N[C@@H](CCN)C(=O)N[C@H](C(=O)N[C@@H](CCN)C(=O)N[C@H]1CCNC(=O)[C@H]([C@@H](C)O)NC(=O)[C@H](CCN)NC(=O)[C@H](CCN)NC(=O)C(Cc2ccc(C(F)(F)F)cc2)NC(=O)[C@@H](CC(C)C)NC(=O)[C@@H](CCN)NC1=O)[C@H](C)O. The van der Waals surface area contributed by atoms with Crippen molar-refractivity contribution in [1.82, 2.24) is 58.5 Å². The molecular formula is C56H95F3N16O13. The van der Waals surface area contributed by atoms with Crippen molar-refractivity contribution < 1.29 is 76.1 Å². The quantitative estimate of drug-likeness (QED) is 0.0336. The number of aliphatic hydroxyl groups is 2. The van der Waals surface area contributed by atoms with Crippen molar-refractivity contribution in [2.45, 2.75) is 203 Å². The molecule has 1 fully saturated rings. The Morgan fingerprint density at radius 3 is 1.55 bits per heavy atom. The summed E-state index contributed by atoms with van der Waals surface area (Å²) in [5, 5.41) is 48.8. The summed E-state index contributed by atoms with van der Waals surface area (Å²) in [5.41, 5.74) is 28.3. The second-order valence-electron chi connectivity index (χ2n) is 22.2. The first kappa shape index (κ1) is 77.0. The normalized spacial score (nSPS) is 22.4. The van der Waals surface area contributed by atoms with E-state index in [0.29, 0.717) is 6.42 Å². The zero-order chi connectivity index (χ0) is 66.3. The van der Waals surface area contributed by atoms with E-state index in [2.05, 4.69) is 58.5 Å². The maximum absolute atomic E-state index is 14.5. The van der Waals surface area contributed by atoms with E-state index in [4.69, 9.17) is 28.7 Å². The van der Waals surface area contributed by atoms with Gasteiger partial charge < -0.3 is 97.4 Å². The van der Waals surface area contributed by atoms with Crippen LogP contribution in [0.1, 0.15) is 129 Å². The number of carbonyl (C=O) groups is 11. The summed E-state index contributed by atoms with van der Waals surface area (Å²) >= 11 is 0. The first-order valence-corrected chi connectivity index (χ1v) is 29.9. The van der Waals surface area contributed by atoms with Crippen LogP contribution in [0.25, 0.3) is 0 Å². The number of hydrogen-bond donors (Lipinski definition) is 18. The second kappa shape index (κ2) is 39.7. The number of amides is 11. The maximum atomic E-state index is 14.5. The monoisotopic (exact) mass is 1260 g/mol. The molecule has 0 saturated carbocycles. The summed E-state index contributed by atoms with van der Waals surface area (Å²) in [4.78, 5) is 154. The number of rotatable bonds is 29. The molecule has 498 valence electrons. The standard InChI is InChI=1S/C56H95F3N16O13/c1-6-7-8-9-10-11-43(78)66-35(16-22-60)50(83)75-45(32(5)77)55(88)71-38(19-25-63)47(80)70-40-21-27-65-54(87)44(31(4)76)74-51(84)39(20-26-64)68-46(79)36(17-23-61)69-53(86)42(29-33-12-14-34(15-13-33)56(57,58)59)73-52(85)41(28-30(2)3)72-48(81)37(18-24-62)67-49(40)82/h12-15,30-32,35-42,44-45,76-77H,6-11,16-29,60-64H2,1-5H3,(H,65,87)(H,66,78)(H,67,82)(H,68,79)(H,69,86)(H,70,80)(H,71,88)(H,72,81)(H,73,85)(H,74,84)(H,75,83)/t31-,32+,35+,36+,37-,38+,39+,40+,41-,42?,44+,45+/m1/s1. The van der Waals surface area contributed by atoms with E-state index < -0.39 is 169 Å². The highest BCUT2D eigenvalue weighted by Crippen LogP contribution is 2.29. The molecule has 1 aromatic rings. The van der Waals surface area contributed by atoms with Crippen LogP contribution >= 0.6 is 0 Å². The smallest absolute Gasteiger partial charge is 0.391 e. The van der Waals surface area contributed by atoms with E-state index >= 15 is 0 Å². The summed E-state index contributed by atoms with van der Waals surface area (Å²) in [6, 6.07) is -12.2. The molecule has 12 atom stereocenters.